The topological polar surface area (TPSA) is 90.4 Å². The Balaban J connectivity index is 0.00000160. The average molecular weight is 446 g/mol. The number of benzene rings is 3. The molecular weight excluding hydrogens is 425 g/mol. The lowest BCUT2D eigenvalue weighted by molar-refractivity contribution is 0.100. The van der Waals surface area contributed by atoms with Crippen LogP contribution in [-0.4, -0.2) is 33.8 Å². The molecule has 0 saturated carbocycles. The third-order valence-electron chi connectivity index (χ3n) is 4.52. The summed E-state index contributed by atoms with van der Waals surface area (Å²) in [4.78, 5) is 15.7. The summed E-state index contributed by atoms with van der Waals surface area (Å²) in [6.07, 6.45) is 1.79. The number of rotatable bonds is 6. The molecule has 1 aromatic heterocycles. The van der Waals surface area contributed by atoms with Crippen molar-refractivity contribution in [1.82, 2.24) is 9.55 Å². The van der Waals surface area contributed by atoms with Gasteiger partial charge in [0.2, 0.25) is 5.91 Å². The number of carbonyl (C=O) groups excluding carboxylic acids is 1. The molecule has 0 fully saturated rings. The average Bonchev–Trinajstić information content (AvgIpc) is 3.16. The normalized spacial score (nSPS) is 10.2. The highest BCUT2D eigenvalue weighted by atomic mass is 35.5. The highest BCUT2D eigenvalue weighted by molar-refractivity contribution is 5.93. The number of aliphatic hydroxyl groups excluding tert-OH is 1. The molecule has 0 aliphatic heterocycles. The number of ether oxygens (including phenoxy) is 1. The molecule has 0 unspecified atom stereocenters. The van der Waals surface area contributed by atoms with Crippen molar-refractivity contribution in [2.24, 2.45) is 5.73 Å². The number of nitrogens with zero attached hydrogens (tertiary/aromatic N) is 2. The van der Waals surface area contributed by atoms with Gasteiger partial charge in [-0.15, -0.1) is 24.8 Å². The van der Waals surface area contributed by atoms with Crippen molar-refractivity contribution in [3.8, 4) is 22.6 Å². The number of amides is 1. The lowest BCUT2D eigenvalue weighted by Crippen LogP contribution is -2.10. The zero-order chi connectivity index (χ0) is 19.5. The van der Waals surface area contributed by atoms with Crippen molar-refractivity contribution in [3.05, 3.63) is 78.6 Å². The minimum atomic E-state index is -0.437. The minimum absolute atomic E-state index is 0. The second kappa shape index (κ2) is 10.1. The zero-order valence-corrected chi connectivity index (χ0v) is 17.5. The van der Waals surface area contributed by atoms with Gasteiger partial charge in [0, 0.05) is 11.3 Å². The number of primary amides is 1. The van der Waals surface area contributed by atoms with Gasteiger partial charge >= 0.3 is 0 Å². The van der Waals surface area contributed by atoms with E-state index < -0.39 is 5.91 Å². The summed E-state index contributed by atoms with van der Waals surface area (Å²) >= 11 is 0. The SMILES string of the molecule is Cl.Cl.NC(=O)c1ccc(-c2ccc3c(c2)ncn3-c2ccc(OCCO)cc2)cc1. The van der Waals surface area contributed by atoms with Crippen molar-refractivity contribution >= 4 is 41.8 Å². The Kier molecular flexibility index (Phi) is 7.83. The Hall–Kier alpha value is -3.06. The number of nitrogens with two attached hydrogens (primary N) is 1. The zero-order valence-electron chi connectivity index (χ0n) is 15.9. The molecule has 4 rings (SSSR count). The van der Waals surface area contributed by atoms with Gasteiger partial charge in [0.15, 0.2) is 0 Å². The fraction of sp³-hybridized carbons (Fsp3) is 0.0909. The van der Waals surface area contributed by atoms with E-state index in [-0.39, 0.29) is 38.0 Å². The van der Waals surface area contributed by atoms with Crippen molar-refractivity contribution in [2.75, 3.05) is 13.2 Å². The van der Waals surface area contributed by atoms with Crippen LogP contribution in [-0.2, 0) is 0 Å². The highest BCUT2D eigenvalue weighted by Crippen LogP contribution is 2.26. The molecule has 1 amide bonds. The summed E-state index contributed by atoms with van der Waals surface area (Å²) in [6.45, 7) is 0.262. The minimum Gasteiger partial charge on any atom is -0.491 e. The fourth-order valence-electron chi connectivity index (χ4n) is 3.09. The van der Waals surface area contributed by atoms with E-state index >= 15 is 0 Å². The maximum atomic E-state index is 11.2. The molecular formula is C22H21Cl2N3O3. The van der Waals surface area contributed by atoms with Crippen molar-refractivity contribution in [1.29, 1.82) is 0 Å². The summed E-state index contributed by atoms with van der Waals surface area (Å²) in [6, 6.07) is 20.9. The van der Waals surface area contributed by atoms with Gasteiger partial charge in [-0.05, 0) is 59.7 Å². The fourth-order valence-corrected chi connectivity index (χ4v) is 3.09. The van der Waals surface area contributed by atoms with Gasteiger partial charge in [0.1, 0.15) is 18.7 Å². The number of carbonyl (C=O) groups is 1. The number of fused-ring (bicyclic) bond motifs is 1. The molecule has 1 heterocycles. The van der Waals surface area contributed by atoms with E-state index in [9.17, 15) is 4.79 Å². The van der Waals surface area contributed by atoms with E-state index in [4.69, 9.17) is 15.6 Å². The summed E-state index contributed by atoms with van der Waals surface area (Å²) < 4.78 is 7.40. The molecule has 0 aliphatic rings. The van der Waals surface area contributed by atoms with Crippen LogP contribution in [0.25, 0.3) is 27.8 Å². The van der Waals surface area contributed by atoms with Gasteiger partial charge in [-0.25, -0.2) is 4.98 Å². The molecule has 4 aromatic rings. The third-order valence-corrected chi connectivity index (χ3v) is 4.52. The van der Waals surface area contributed by atoms with Gasteiger partial charge in [0.05, 0.1) is 17.6 Å². The first-order chi connectivity index (χ1) is 13.7. The molecule has 8 heteroatoms. The lowest BCUT2D eigenvalue weighted by atomic mass is 10.0. The second-order valence-electron chi connectivity index (χ2n) is 6.33. The molecule has 3 N–H and O–H groups in total. The molecule has 3 aromatic carbocycles. The predicted molar refractivity (Wildman–Crippen MR) is 122 cm³/mol. The van der Waals surface area contributed by atoms with Crippen molar-refractivity contribution in [3.63, 3.8) is 0 Å². The smallest absolute Gasteiger partial charge is 0.248 e. The van der Waals surface area contributed by atoms with Gasteiger partial charge in [-0.1, -0.05) is 18.2 Å². The van der Waals surface area contributed by atoms with Crippen LogP contribution in [0.5, 0.6) is 5.75 Å². The number of hydrogen-bond acceptors (Lipinski definition) is 4. The molecule has 0 bridgehead atoms. The van der Waals surface area contributed by atoms with E-state index in [1.54, 1.807) is 18.5 Å². The summed E-state index contributed by atoms with van der Waals surface area (Å²) in [7, 11) is 0. The monoisotopic (exact) mass is 445 g/mol. The molecule has 0 spiro atoms. The number of aliphatic hydroxyl groups is 1. The first-order valence-corrected chi connectivity index (χ1v) is 8.87. The van der Waals surface area contributed by atoms with E-state index in [1.807, 2.05) is 59.2 Å². The number of halogens is 2. The highest BCUT2D eigenvalue weighted by Gasteiger charge is 2.08. The first-order valence-electron chi connectivity index (χ1n) is 8.87. The molecule has 30 heavy (non-hydrogen) atoms. The Morgan fingerprint density at radius 1 is 0.967 bits per heavy atom. The largest absolute Gasteiger partial charge is 0.491 e. The number of hydrogen-bond donors (Lipinski definition) is 2. The van der Waals surface area contributed by atoms with Crippen LogP contribution in [0.1, 0.15) is 10.4 Å². The van der Waals surface area contributed by atoms with Gasteiger partial charge in [-0.2, -0.15) is 0 Å². The molecule has 0 radical (unpaired) electrons. The maximum Gasteiger partial charge on any atom is 0.248 e. The standard InChI is InChI=1S/C22H19N3O3.2ClH/c23-22(27)16-3-1-15(2-4-16)17-5-10-21-20(13-17)24-14-25(21)18-6-8-19(9-7-18)28-12-11-26;;/h1-10,13-14,26H,11-12H2,(H2,23,27);2*1H. The van der Waals surface area contributed by atoms with Crippen molar-refractivity contribution < 1.29 is 14.6 Å². The van der Waals surface area contributed by atoms with Gasteiger partial charge in [0.25, 0.3) is 0 Å². The van der Waals surface area contributed by atoms with Crippen LogP contribution in [0, 0.1) is 0 Å². The van der Waals surface area contributed by atoms with Crippen LogP contribution in [0.2, 0.25) is 0 Å². The lowest BCUT2D eigenvalue weighted by Gasteiger charge is -2.08. The molecule has 6 nitrogen and oxygen atoms in total. The maximum absolute atomic E-state index is 11.2. The van der Waals surface area contributed by atoms with E-state index in [0.29, 0.717) is 11.3 Å². The van der Waals surface area contributed by atoms with Crippen LogP contribution in [0.4, 0.5) is 0 Å². The van der Waals surface area contributed by atoms with Gasteiger partial charge in [-0.3, -0.25) is 9.36 Å². The Labute approximate surface area is 186 Å². The van der Waals surface area contributed by atoms with Crippen LogP contribution < -0.4 is 10.5 Å². The Morgan fingerprint density at radius 2 is 1.63 bits per heavy atom. The quantitative estimate of drug-likeness (QED) is 0.469. The van der Waals surface area contributed by atoms with E-state index in [1.165, 1.54) is 0 Å². The molecule has 0 aliphatic carbocycles. The number of imidazole rings is 1. The van der Waals surface area contributed by atoms with Gasteiger partial charge < -0.3 is 15.6 Å². The van der Waals surface area contributed by atoms with E-state index in [0.717, 1.165) is 27.8 Å². The Bertz CT molecular complexity index is 1130. The Morgan fingerprint density at radius 3 is 2.27 bits per heavy atom. The number of aromatic nitrogens is 2. The predicted octanol–water partition coefficient (Wildman–Crippen LogP) is 4.01. The first kappa shape index (κ1) is 23.2. The summed E-state index contributed by atoms with van der Waals surface area (Å²) in [5.74, 6) is 0.275. The summed E-state index contributed by atoms with van der Waals surface area (Å²) in [5, 5.41) is 8.84. The summed E-state index contributed by atoms with van der Waals surface area (Å²) in [5.41, 5.74) is 10.6. The van der Waals surface area contributed by atoms with Crippen LogP contribution in [0.3, 0.4) is 0 Å². The third kappa shape index (κ3) is 4.74. The second-order valence-corrected chi connectivity index (χ2v) is 6.33. The van der Waals surface area contributed by atoms with Crippen LogP contribution >= 0.6 is 24.8 Å². The van der Waals surface area contributed by atoms with Crippen molar-refractivity contribution in [2.45, 2.75) is 0 Å². The molecule has 156 valence electrons. The van der Waals surface area contributed by atoms with E-state index in [2.05, 4.69) is 4.98 Å². The molecule has 0 saturated heterocycles. The van der Waals surface area contributed by atoms with Crippen LogP contribution in [0.15, 0.2) is 73.1 Å². The molecule has 0 atom stereocenters.